The molecule has 3 nitrogen and oxygen atoms in total. The van der Waals surface area contributed by atoms with Crippen molar-refractivity contribution in [2.45, 2.75) is 12.8 Å². The molecule has 0 saturated carbocycles. The van der Waals surface area contributed by atoms with Gasteiger partial charge >= 0.3 is 0 Å². The van der Waals surface area contributed by atoms with E-state index in [2.05, 4.69) is 15.9 Å². The minimum Gasteiger partial charge on any atom is -0.454 e. The van der Waals surface area contributed by atoms with E-state index in [4.69, 9.17) is 15.2 Å². The quantitative estimate of drug-likeness (QED) is 0.902. The van der Waals surface area contributed by atoms with Crippen LogP contribution in [0.1, 0.15) is 12.0 Å². The Hall–Kier alpha value is -0.740. The number of aryl methyl sites for hydroxylation is 1. The van der Waals surface area contributed by atoms with Crippen LogP contribution in [0.4, 0.5) is 0 Å². The first-order valence-corrected chi connectivity index (χ1v) is 5.38. The monoisotopic (exact) mass is 257 g/mol. The fourth-order valence-electron chi connectivity index (χ4n) is 1.44. The predicted molar refractivity (Wildman–Crippen MR) is 57.6 cm³/mol. The van der Waals surface area contributed by atoms with Crippen LogP contribution < -0.4 is 15.2 Å². The predicted octanol–water partition coefficient (Wildman–Crippen LogP) is 2.07. The molecule has 0 amide bonds. The lowest BCUT2D eigenvalue weighted by molar-refractivity contribution is 0.174. The molecule has 1 aliphatic heterocycles. The molecule has 14 heavy (non-hydrogen) atoms. The molecule has 0 unspecified atom stereocenters. The Kier molecular flexibility index (Phi) is 2.93. The molecular formula is C10H12BrNO2. The number of fused-ring (bicyclic) bond motifs is 1. The summed E-state index contributed by atoms with van der Waals surface area (Å²) in [6.45, 7) is 1.03. The van der Waals surface area contributed by atoms with Crippen LogP contribution in [0.5, 0.6) is 11.5 Å². The van der Waals surface area contributed by atoms with Crippen LogP contribution in [0.25, 0.3) is 0 Å². The molecule has 0 aromatic heterocycles. The van der Waals surface area contributed by atoms with Crippen LogP contribution in [0.3, 0.4) is 0 Å². The van der Waals surface area contributed by atoms with Crippen LogP contribution >= 0.6 is 15.9 Å². The van der Waals surface area contributed by atoms with Gasteiger partial charge in [-0.15, -0.1) is 0 Å². The first kappa shape index (κ1) is 9.80. The topological polar surface area (TPSA) is 44.5 Å². The third-order valence-corrected chi connectivity index (χ3v) is 2.93. The average Bonchev–Trinajstić information content (AvgIpc) is 2.61. The maximum absolute atomic E-state index is 5.47. The fourth-order valence-corrected chi connectivity index (χ4v) is 1.96. The lowest BCUT2D eigenvalue weighted by atomic mass is 10.1. The Morgan fingerprint density at radius 3 is 2.71 bits per heavy atom. The highest BCUT2D eigenvalue weighted by atomic mass is 79.9. The van der Waals surface area contributed by atoms with Crippen LogP contribution in [-0.4, -0.2) is 13.3 Å². The van der Waals surface area contributed by atoms with Gasteiger partial charge in [-0.05, 0) is 37.1 Å². The summed E-state index contributed by atoms with van der Waals surface area (Å²) in [4.78, 5) is 0. The summed E-state index contributed by atoms with van der Waals surface area (Å²) in [5, 5.41) is 0. The van der Waals surface area contributed by atoms with E-state index in [1.807, 2.05) is 12.1 Å². The van der Waals surface area contributed by atoms with Crippen molar-refractivity contribution in [2.75, 3.05) is 13.3 Å². The highest BCUT2D eigenvalue weighted by Gasteiger charge is 2.15. The molecule has 2 N–H and O–H groups in total. The van der Waals surface area contributed by atoms with Gasteiger partial charge < -0.3 is 15.2 Å². The van der Waals surface area contributed by atoms with Gasteiger partial charge in [0.25, 0.3) is 0 Å². The summed E-state index contributed by atoms with van der Waals surface area (Å²) < 4.78 is 11.6. The van der Waals surface area contributed by atoms with Gasteiger partial charge in [-0.3, -0.25) is 0 Å². The summed E-state index contributed by atoms with van der Waals surface area (Å²) in [6.07, 6.45) is 1.95. The average molecular weight is 258 g/mol. The maximum atomic E-state index is 5.47. The summed E-state index contributed by atoms with van der Waals surface area (Å²) in [6, 6.07) is 3.97. The Balaban J connectivity index is 2.23. The largest absolute Gasteiger partial charge is 0.454 e. The van der Waals surface area contributed by atoms with E-state index in [-0.39, 0.29) is 0 Å². The summed E-state index contributed by atoms with van der Waals surface area (Å²) in [5.41, 5.74) is 6.69. The van der Waals surface area contributed by atoms with Crippen molar-refractivity contribution in [3.63, 3.8) is 0 Å². The SMILES string of the molecule is NCCCc1cc2c(cc1Br)OCO2. The van der Waals surface area contributed by atoms with Gasteiger partial charge in [-0.1, -0.05) is 15.9 Å². The minimum atomic E-state index is 0.322. The smallest absolute Gasteiger partial charge is 0.231 e. The summed E-state index contributed by atoms with van der Waals surface area (Å²) in [7, 11) is 0. The van der Waals surface area contributed by atoms with E-state index < -0.39 is 0 Å². The summed E-state index contributed by atoms with van der Waals surface area (Å²) >= 11 is 3.50. The number of hydrogen-bond donors (Lipinski definition) is 1. The normalized spacial score (nSPS) is 13.3. The van der Waals surface area contributed by atoms with Gasteiger partial charge in [-0.25, -0.2) is 0 Å². The van der Waals surface area contributed by atoms with E-state index >= 15 is 0 Å². The van der Waals surface area contributed by atoms with Crippen molar-refractivity contribution >= 4 is 15.9 Å². The molecule has 0 aliphatic carbocycles. The van der Waals surface area contributed by atoms with Gasteiger partial charge in [-0.2, -0.15) is 0 Å². The number of benzene rings is 1. The van der Waals surface area contributed by atoms with Crippen LogP contribution in [-0.2, 0) is 6.42 Å². The molecule has 0 spiro atoms. The molecule has 1 aromatic rings. The zero-order valence-electron chi connectivity index (χ0n) is 7.75. The maximum Gasteiger partial charge on any atom is 0.231 e. The lowest BCUT2D eigenvalue weighted by Gasteiger charge is -2.05. The van der Waals surface area contributed by atoms with E-state index in [0.29, 0.717) is 13.3 Å². The standard InChI is InChI=1S/C10H12BrNO2/c11-8-5-10-9(13-6-14-10)4-7(8)2-1-3-12/h4-5H,1-3,6,12H2. The van der Waals surface area contributed by atoms with E-state index in [9.17, 15) is 0 Å². The first-order valence-electron chi connectivity index (χ1n) is 4.59. The number of ether oxygens (including phenoxy) is 2. The highest BCUT2D eigenvalue weighted by molar-refractivity contribution is 9.10. The van der Waals surface area contributed by atoms with Crippen molar-refractivity contribution in [1.29, 1.82) is 0 Å². The lowest BCUT2D eigenvalue weighted by Crippen LogP contribution is -2.00. The Morgan fingerprint density at radius 2 is 2.00 bits per heavy atom. The molecule has 0 fully saturated rings. The Labute approximate surface area is 91.3 Å². The molecule has 76 valence electrons. The van der Waals surface area contributed by atoms with Crippen LogP contribution in [0.15, 0.2) is 16.6 Å². The molecule has 0 radical (unpaired) electrons. The molecule has 1 aromatic carbocycles. The zero-order valence-corrected chi connectivity index (χ0v) is 9.34. The van der Waals surface area contributed by atoms with Crippen molar-refractivity contribution in [3.05, 3.63) is 22.2 Å². The van der Waals surface area contributed by atoms with E-state index in [1.165, 1.54) is 5.56 Å². The van der Waals surface area contributed by atoms with Gasteiger partial charge in [0, 0.05) is 4.47 Å². The molecule has 0 bridgehead atoms. The number of hydrogen-bond acceptors (Lipinski definition) is 3. The zero-order chi connectivity index (χ0) is 9.97. The highest BCUT2D eigenvalue weighted by Crippen LogP contribution is 2.37. The van der Waals surface area contributed by atoms with E-state index in [0.717, 1.165) is 28.8 Å². The minimum absolute atomic E-state index is 0.322. The van der Waals surface area contributed by atoms with Gasteiger partial charge in [0.1, 0.15) is 0 Å². The Morgan fingerprint density at radius 1 is 1.29 bits per heavy atom. The molecule has 1 heterocycles. The first-order chi connectivity index (χ1) is 6.81. The van der Waals surface area contributed by atoms with E-state index in [1.54, 1.807) is 0 Å². The second-order valence-corrected chi connectivity index (χ2v) is 4.04. The molecule has 0 atom stereocenters. The van der Waals surface area contributed by atoms with Crippen molar-refractivity contribution < 1.29 is 9.47 Å². The molecule has 2 rings (SSSR count). The van der Waals surface area contributed by atoms with Crippen molar-refractivity contribution in [3.8, 4) is 11.5 Å². The third-order valence-electron chi connectivity index (χ3n) is 2.19. The second kappa shape index (κ2) is 4.19. The van der Waals surface area contributed by atoms with Gasteiger partial charge in [0.05, 0.1) is 0 Å². The van der Waals surface area contributed by atoms with Crippen molar-refractivity contribution in [1.82, 2.24) is 0 Å². The molecule has 4 heteroatoms. The van der Waals surface area contributed by atoms with Crippen LogP contribution in [0.2, 0.25) is 0 Å². The molecule has 0 saturated heterocycles. The second-order valence-electron chi connectivity index (χ2n) is 3.19. The van der Waals surface area contributed by atoms with Gasteiger partial charge in [0.2, 0.25) is 6.79 Å². The number of halogens is 1. The Bertz CT molecular complexity index is 341. The van der Waals surface area contributed by atoms with Crippen molar-refractivity contribution in [2.24, 2.45) is 5.73 Å². The third kappa shape index (κ3) is 1.86. The number of rotatable bonds is 3. The van der Waals surface area contributed by atoms with Crippen LogP contribution in [0, 0.1) is 0 Å². The molecule has 1 aliphatic rings. The van der Waals surface area contributed by atoms with Gasteiger partial charge in [0.15, 0.2) is 11.5 Å². The molecular weight excluding hydrogens is 246 g/mol. The fraction of sp³-hybridized carbons (Fsp3) is 0.400. The summed E-state index contributed by atoms with van der Waals surface area (Å²) in [5.74, 6) is 1.65. The number of nitrogens with two attached hydrogens (primary N) is 1.